The van der Waals surface area contributed by atoms with Crippen LogP contribution in [0.5, 0.6) is 5.75 Å². The number of ether oxygens (including phenoxy) is 1. The SMILES string of the molecule is COc1cccc(NC(=O)C2CCCN(c3nc4cccnc4n(Cc4ccccc4)c3=O)C2)c1. The molecule has 2 aromatic carbocycles. The Balaban J connectivity index is 1.43. The molecule has 0 bridgehead atoms. The van der Waals surface area contributed by atoms with Crippen LogP contribution in [0.3, 0.4) is 0 Å². The van der Waals surface area contributed by atoms with Gasteiger partial charge in [-0.2, -0.15) is 0 Å². The molecule has 8 nitrogen and oxygen atoms in total. The zero-order valence-corrected chi connectivity index (χ0v) is 19.6. The lowest BCUT2D eigenvalue weighted by Crippen LogP contribution is -2.44. The van der Waals surface area contributed by atoms with Gasteiger partial charge in [-0.3, -0.25) is 14.2 Å². The molecule has 1 atom stereocenters. The van der Waals surface area contributed by atoms with Crippen molar-refractivity contribution >= 4 is 28.6 Å². The summed E-state index contributed by atoms with van der Waals surface area (Å²) in [4.78, 5) is 37.7. The molecular weight excluding hydrogens is 442 g/mol. The number of amides is 1. The van der Waals surface area contributed by atoms with Gasteiger partial charge >= 0.3 is 0 Å². The number of nitrogens with zero attached hydrogens (tertiary/aromatic N) is 4. The molecule has 1 aliphatic heterocycles. The molecule has 1 fully saturated rings. The highest BCUT2D eigenvalue weighted by Gasteiger charge is 2.29. The molecule has 8 heteroatoms. The van der Waals surface area contributed by atoms with Crippen LogP contribution in [0.4, 0.5) is 11.5 Å². The van der Waals surface area contributed by atoms with E-state index in [1.54, 1.807) is 23.9 Å². The summed E-state index contributed by atoms with van der Waals surface area (Å²) in [6.07, 6.45) is 3.21. The number of hydrogen-bond donors (Lipinski definition) is 1. The van der Waals surface area contributed by atoms with Gasteiger partial charge in [0.15, 0.2) is 11.5 Å². The molecule has 1 N–H and O–H groups in total. The molecule has 1 unspecified atom stereocenters. The Labute approximate surface area is 203 Å². The molecule has 0 radical (unpaired) electrons. The quantitative estimate of drug-likeness (QED) is 0.463. The number of hydrogen-bond acceptors (Lipinski definition) is 6. The van der Waals surface area contributed by atoms with Gasteiger partial charge in [0.05, 0.1) is 19.6 Å². The minimum absolute atomic E-state index is 0.0741. The largest absolute Gasteiger partial charge is 0.497 e. The van der Waals surface area contributed by atoms with Gasteiger partial charge in [0.25, 0.3) is 5.56 Å². The van der Waals surface area contributed by atoms with Crippen molar-refractivity contribution in [1.29, 1.82) is 0 Å². The van der Waals surface area contributed by atoms with E-state index in [2.05, 4.69) is 15.3 Å². The first-order chi connectivity index (χ1) is 17.1. The van der Waals surface area contributed by atoms with Gasteiger partial charge in [0, 0.05) is 31.0 Å². The Hall–Kier alpha value is -4.20. The molecule has 1 saturated heterocycles. The van der Waals surface area contributed by atoms with Crippen molar-refractivity contribution in [3.63, 3.8) is 0 Å². The van der Waals surface area contributed by atoms with Crippen molar-refractivity contribution in [2.45, 2.75) is 19.4 Å². The van der Waals surface area contributed by atoms with Gasteiger partial charge in [-0.05, 0) is 42.7 Å². The molecule has 178 valence electrons. The second-order valence-corrected chi connectivity index (χ2v) is 8.66. The van der Waals surface area contributed by atoms with E-state index in [0.717, 1.165) is 18.4 Å². The third-order valence-electron chi connectivity index (χ3n) is 6.30. The summed E-state index contributed by atoms with van der Waals surface area (Å²) in [5.41, 5.74) is 2.70. The van der Waals surface area contributed by atoms with E-state index in [-0.39, 0.29) is 17.4 Å². The standard InChI is InChI=1S/C27H27N5O3/c1-35-22-12-5-11-21(16-22)29-26(33)20-10-7-15-31(18-20)25-27(34)32(17-19-8-3-2-4-9-19)24-23(30-25)13-6-14-28-24/h2-6,8-9,11-14,16,20H,7,10,15,17-18H2,1H3,(H,29,33). The van der Waals surface area contributed by atoms with Crippen molar-refractivity contribution in [2.24, 2.45) is 5.92 Å². The van der Waals surface area contributed by atoms with Gasteiger partial charge in [-0.25, -0.2) is 9.97 Å². The summed E-state index contributed by atoms with van der Waals surface area (Å²) in [7, 11) is 1.59. The molecule has 1 aliphatic rings. The molecule has 35 heavy (non-hydrogen) atoms. The van der Waals surface area contributed by atoms with Gasteiger partial charge < -0.3 is 15.0 Å². The van der Waals surface area contributed by atoms with Crippen LogP contribution in [0.25, 0.3) is 11.2 Å². The summed E-state index contributed by atoms with van der Waals surface area (Å²) in [5.74, 6) is 0.708. The highest BCUT2D eigenvalue weighted by molar-refractivity contribution is 5.93. The fourth-order valence-electron chi connectivity index (χ4n) is 4.51. The summed E-state index contributed by atoms with van der Waals surface area (Å²) in [5, 5.41) is 2.99. The van der Waals surface area contributed by atoms with Crippen LogP contribution in [-0.4, -0.2) is 40.6 Å². The second-order valence-electron chi connectivity index (χ2n) is 8.66. The Kier molecular flexibility index (Phi) is 6.43. The lowest BCUT2D eigenvalue weighted by Gasteiger charge is -2.32. The fourth-order valence-corrected chi connectivity index (χ4v) is 4.51. The zero-order chi connectivity index (χ0) is 24.2. The second kappa shape index (κ2) is 9.97. The first-order valence-electron chi connectivity index (χ1n) is 11.7. The monoisotopic (exact) mass is 469 g/mol. The summed E-state index contributed by atoms with van der Waals surface area (Å²) >= 11 is 0. The normalized spacial score (nSPS) is 15.7. The maximum absolute atomic E-state index is 13.6. The predicted molar refractivity (Wildman–Crippen MR) is 136 cm³/mol. The molecule has 0 spiro atoms. The topological polar surface area (TPSA) is 89.3 Å². The lowest BCUT2D eigenvalue weighted by atomic mass is 9.97. The van der Waals surface area contributed by atoms with Crippen molar-refractivity contribution < 1.29 is 9.53 Å². The van der Waals surface area contributed by atoms with Crippen LogP contribution in [0.1, 0.15) is 18.4 Å². The number of fused-ring (bicyclic) bond motifs is 1. The summed E-state index contributed by atoms with van der Waals surface area (Å²) < 4.78 is 6.92. The molecule has 1 amide bonds. The van der Waals surface area contributed by atoms with E-state index >= 15 is 0 Å². The summed E-state index contributed by atoms with van der Waals surface area (Å²) in [6.45, 7) is 1.49. The molecule has 5 rings (SSSR count). The number of piperidine rings is 1. The molecule has 0 aliphatic carbocycles. The Morgan fingerprint density at radius 3 is 2.80 bits per heavy atom. The van der Waals surface area contributed by atoms with E-state index in [0.29, 0.717) is 48.1 Å². The number of rotatable bonds is 6. The number of nitrogens with one attached hydrogen (secondary N) is 1. The number of anilines is 2. The molecule has 4 aromatic rings. The third kappa shape index (κ3) is 4.87. The van der Waals surface area contributed by atoms with E-state index in [1.807, 2.05) is 65.6 Å². The smallest absolute Gasteiger partial charge is 0.295 e. The fraction of sp³-hybridized carbons (Fsp3) is 0.259. The minimum atomic E-state index is -0.261. The zero-order valence-electron chi connectivity index (χ0n) is 19.6. The van der Waals surface area contributed by atoms with Crippen molar-refractivity contribution in [1.82, 2.24) is 14.5 Å². The lowest BCUT2D eigenvalue weighted by molar-refractivity contribution is -0.120. The van der Waals surface area contributed by atoms with E-state index in [1.165, 1.54) is 0 Å². The van der Waals surface area contributed by atoms with Gasteiger partial charge in [0.1, 0.15) is 11.3 Å². The Morgan fingerprint density at radius 1 is 1.11 bits per heavy atom. The van der Waals surface area contributed by atoms with Crippen molar-refractivity contribution in [2.75, 3.05) is 30.4 Å². The average Bonchev–Trinajstić information content (AvgIpc) is 2.91. The Morgan fingerprint density at radius 2 is 1.97 bits per heavy atom. The molecule has 2 aromatic heterocycles. The number of aromatic nitrogens is 3. The van der Waals surface area contributed by atoms with Crippen LogP contribution in [-0.2, 0) is 11.3 Å². The van der Waals surface area contributed by atoms with E-state index in [9.17, 15) is 9.59 Å². The van der Waals surface area contributed by atoms with Crippen LogP contribution < -0.4 is 20.5 Å². The number of methoxy groups -OCH3 is 1. The third-order valence-corrected chi connectivity index (χ3v) is 6.30. The van der Waals surface area contributed by atoms with Crippen LogP contribution in [0, 0.1) is 5.92 Å². The number of pyridine rings is 1. The van der Waals surface area contributed by atoms with Crippen LogP contribution in [0.15, 0.2) is 77.7 Å². The number of carbonyl (C=O) groups is 1. The highest BCUT2D eigenvalue weighted by Crippen LogP contribution is 2.24. The number of benzene rings is 2. The Bertz CT molecular complexity index is 1400. The molecular formula is C27H27N5O3. The molecule has 3 heterocycles. The highest BCUT2D eigenvalue weighted by atomic mass is 16.5. The molecule has 0 saturated carbocycles. The van der Waals surface area contributed by atoms with Gasteiger partial charge in [0.2, 0.25) is 5.91 Å². The average molecular weight is 470 g/mol. The van der Waals surface area contributed by atoms with E-state index in [4.69, 9.17) is 4.74 Å². The van der Waals surface area contributed by atoms with E-state index < -0.39 is 0 Å². The first kappa shape index (κ1) is 22.6. The van der Waals surface area contributed by atoms with Gasteiger partial charge in [-0.15, -0.1) is 0 Å². The number of carbonyl (C=O) groups excluding carboxylic acids is 1. The maximum Gasteiger partial charge on any atom is 0.295 e. The maximum atomic E-state index is 13.6. The van der Waals surface area contributed by atoms with Crippen LogP contribution >= 0.6 is 0 Å². The van der Waals surface area contributed by atoms with Crippen molar-refractivity contribution in [3.8, 4) is 5.75 Å². The minimum Gasteiger partial charge on any atom is -0.497 e. The first-order valence-corrected chi connectivity index (χ1v) is 11.7. The van der Waals surface area contributed by atoms with Crippen LogP contribution in [0.2, 0.25) is 0 Å². The summed E-state index contributed by atoms with van der Waals surface area (Å²) in [6, 6.07) is 20.8. The predicted octanol–water partition coefficient (Wildman–Crippen LogP) is 3.70. The van der Waals surface area contributed by atoms with Crippen molar-refractivity contribution in [3.05, 3.63) is 88.8 Å². The van der Waals surface area contributed by atoms with Gasteiger partial charge in [-0.1, -0.05) is 36.4 Å².